The van der Waals surface area contributed by atoms with Crippen LogP contribution in [0.1, 0.15) is 46.0 Å². The van der Waals surface area contributed by atoms with Gasteiger partial charge in [-0.15, -0.1) is 0 Å². The van der Waals surface area contributed by atoms with Crippen LogP contribution in [0.25, 0.3) is 0 Å². The van der Waals surface area contributed by atoms with Gasteiger partial charge in [0.15, 0.2) is 0 Å². The first kappa shape index (κ1) is 11.4. The van der Waals surface area contributed by atoms with Crippen LogP contribution in [0.3, 0.4) is 0 Å². The van der Waals surface area contributed by atoms with Gasteiger partial charge >= 0.3 is 0 Å². The first-order valence-electron chi connectivity index (χ1n) is 6.77. The average molecular weight is 210 g/mol. The molecule has 2 nitrogen and oxygen atoms in total. The lowest BCUT2D eigenvalue weighted by molar-refractivity contribution is 0.235. The SMILES string of the molecule is CCC1CCN(C(C)CCNC2CC2)C1. The van der Waals surface area contributed by atoms with Crippen molar-refractivity contribution in [3.8, 4) is 0 Å². The molecule has 0 radical (unpaired) electrons. The molecule has 1 heterocycles. The van der Waals surface area contributed by atoms with Gasteiger partial charge in [0, 0.05) is 18.6 Å². The summed E-state index contributed by atoms with van der Waals surface area (Å²) >= 11 is 0. The van der Waals surface area contributed by atoms with Gasteiger partial charge in [0.25, 0.3) is 0 Å². The molecular weight excluding hydrogens is 184 g/mol. The standard InChI is InChI=1S/C13H26N2/c1-3-12-7-9-15(10-12)11(2)6-8-14-13-4-5-13/h11-14H,3-10H2,1-2H3. The average Bonchev–Trinajstić information content (AvgIpc) is 2.94. The predicted octanol–water partition coefficient (Wildman–Crippen LogP) is 2.25. The summed E-state index contributed by atoms with van der Waals surface area (Å²) in [5.41, 5.74) is 0. The van der Waals surface area contributed by atoms with Crippen LogP contribution in [0.5, 0.6) is 0 Å². The van der Waals surface area contributed by atoms with Crippen LogP contribution in [0, 0.1) is 5.92 Å². The molecule has 2 heteroatoms. The molecule has 1 aliphatic carbocycles. The van der Waals surface area contributed by atoms with Crippen LogP contribution >= 0.6 is 0 Å². The van der Waals surface area contributed by atoms with E-state index in [4.69, 9.17) is 0 Å². The second-order valence-electron chi connectivity index (χ2n) is 5.42. The Bertz CT molecular complexity index is 189. The van der Waals surface area contributed by atoms with E-state index >= 15 is 0 Å². The topological polar surface area (TPSA) is 15.3 Å². The molecule has 1 saturated carbocycles. The van der Waals surface area contributed by atoms with E-state index < -0.39 is 0 Å². The Morgan fingerprint density at radius 3 is 2.73 bits per heavy atom. The zero-order chi connectivity index (χ0) is 10.7. The molecule has 0 aromatic rings. The fourth-order valence-corrected chi connectivity index (χ4v) is 2.56. The molecule has 1 aliphatic heterocycles. The molecule has 88 valence electrons. The first-order valence-corrected chi connectivity index (χ1v) is 6.77. The van der Waals surface area contributed by atoms with Crippen molar-refractivity contribution in [2.24, 2.45) is 5.92 Å². The number of nitrogens with zero attached hydrogens (tertiary/aromatic N) is 1. The summed E-state index contributed by atoms with van der Waals surface area (Å²) in [6.45, 7) is 8.63. The van der Waals surface area contributed by atoms with Crippen molar-refractivity contribution in [2.75, 3.05) is 19.6 Å². The number of nitrogens with one attached hydrogen (secondary N) is 1. The Balaban J connectivity index is 1.60. The Morgan fingerprint density at radius 2 is 2.13 bits per heavy atom. The quantitative estimate of drug-likeness (QED) is 0.723. The molecule has 0 aromatic carbocycles. The van der Waals surface area contributed by atoms with Gasteiger partial charge in [0.1, 0.15) is 0 Å². The largest absolute Gasteiger partial charge is 0.314 e. The lowest BCUT2D eigenvalue weighted by Gasteiger charge is -2.24. The smallest absolute Gasteiger partial charge is 0.00791 e. The highest BCUT2D eigenvalue weighted by atomic mass is 15.2. The minimum Gasteiger partial charge on any atom is -0.314 e. The predicted molar refractivity (Wildman–Crippen MR) is 65.1 cm³/mol. The normalized spacial score (nSPS) is 29.6. The van der Waals surface area contributed by atoms with Crippen molar-refractivity contribution in [1.82, 2.24) is 10.2 Å². The maximum Gasteiger partial charge on any atom is 0.00791 e. The Kier molecular flexibility index (Phi) is 4.04. The first-order chi connectivity index (χ1) is 7.29. The third kappa shape index (κ3) is 3.46. The highest BCUT2D eigenvalue weighted by Gasteiger charge is 2.25. The van der Waals surface area contributed by atoms with Crippen molar-refractivity contribution >= 4 is 0 Å². The van der Waals surface area contributed by atoms with Crippen LogP contribution in [0.4, 0.5) is 0 Å². The number of rotatable bonds is 6. The molecule has 15 heavy (non-hydrogen) atoms. The number of hydrogen-bond donors (Lipinski definition) is 1. The van der Waals surface area contributed by atoms with E-state index in [1.165, 1.54) is 51.7 Å². The van der Waals surface area contributed by atoms with E-state index in [0.717, 1.165) is 18.0 Å². The summed E-state index contributed by atoms with van der Waals surface area (Å²) in [7, 11) is 0. The van der Waals surface area contributed by atoms with Crippen LogP contribution in [0.2, 0.25) is 0 Å². The second kappa shape index (κ2) is 5.31. The maximum absolute atomic E-state index is 3.61. The van der Waals surface area contributed by atoms with Crippen molar-refractivity contribution in [3.05, 3.63) is 0 Å². The van der Waals surface area contributed by atoms with Gasteiger partial charge in [0.05, 0.1) is 0 Å². The fraction of sp³-hybridized carbons (Fsp3) is 1.00. The Hall–Kier alpha value is -0.0800. The summed E-state index contributed by atoms with van der Waals surface area (Å²) in [6, 6.07) is 1.66. The van der Waals surface area contributed by atoms with Crippen LogP contribution in [-0.2, 0) is 0 Å². The molecule has 2 aliphatic rings. The van der Waals surface area contributed by atoms with Crippen LogP contribution < -0.4 is 5.32 Å². The van der Waals surface area contributed by atoms with Crippen molar-refractivity contribution in [2.45, 2.75) is 58.0 Å². The van der Waals surface area contributed by atoms with Crippen LogP contribution in [-0.4, -0.2) is 36.6 Å². The molecular formula is C13H26N2. The minimum atomic E-state index is 0.785. The molecule has 2 unspecified atom stereocenters. The highest BCUT2D eigenvalue weighted by molar-refractivity contribution is 4.83. The maximum atomic E-state index is 3.61. The molecule has 2 fully saturated rings. The summed E-state index contributed by atoms with van der Waals surface area (Å²) in [5.74, 6) is 0.976. The van der Waals surface area contributed by atoms with Gasteiger partial charge in [-0.2, -0.15) is 0 Å². The molecule has 1 N–H and O–H groups in total. The van der Waals surface area contributed by atoms with E-state index in [9.17, 15) is 0 Å². The molecule has 1 saturated heterocycles. The van der Waals surface area contributed by atoms with E-state index in [-0.39, 0.29) is 0 Å². The van der Waals surface area contributed by atoms with Crippen molar-refractivity contribution < 1.29 is 0 Å². The molecule has 2 atom stereocenters. The fourth-order valence-electron chi connectivity index (χ4n) is 2.56. The second-order valence-corrected chi connectivity index (χ2v) is 5.42. The van der Waals surface area contributed by atoms with Gasteiger partial charge in [0.2, 0.25) is 0 Å². The van der Waals surface area contributed by atoms with E-state index in [1.54, 1.807) is 0 Å². The van der Waals surface area contributed by atoms with E-state index in [1.807, 2.05) is 0 Å². The monoisotopic (exact) mass is 210 g/mol. The third-order valence-electron chi connectivity index (χ3n) is 4.09. The highest BCUT2D eigenvalue weighted by Crippen LogP contribution is 2.22. The summed E-state index contributed by atoms with van der Waals surface area (Å²) in [6.07, 6.45) is 6.94. The van der Waals surface area contributed by atoms with Crippen LogP contribution in [0.15, 0.2) is 0 Å². The molecule has 2 rings (SSSR count). The summed E-state index contributed by atoms with van der Waals surface area (Å²) in [4.78, 5) is 2.68. The molecule has 0 bridgehead atoms. The van der Waals surface area contributed by atoms with Crippen molar-refractivity contribution in [1.29, 1.82) is 0 Å². The Labute approximate surface area is 94.4 Å². The van der Waals surface area contributed by atoms with E-state index in [2.05, 4.69) is 24.1 Å². The minimum absolute atomic E-state index is 0.785. The number of likely N-dealkylation sites (tertiary alicyclic amines) is 1. The van der Waals surface area contributed by atoms with Gasteiger partial charge in [-0.3, -0.25) is 0 Å². The number of hydrogen-bond acceptors (Lipinski definition) is 2. The molecule has 0 amide bonds. The lowest BCUT2D eigenvalue weighted by Crippen LogP contribution is -2.34. The van der Waals surface area contributed by atoms with Gasteiger partial charge in [-0.05, 0) is 51.6 Å². The Morgan fingerprint density at radius 1 is 1.33 bits per heavy atom. The summed E-state index contributed by atoms with van der Waals surface area (Å²) in [5, 5.41) is 3.61. The molecule has 0 spiro atoms. The van der Waals surface area contributed by atoms with Gasteiger partial charge in [-0.25, -0.2) is 0 Å². The molecule has 0 aromatic heterocycles. The summed E-state index contributed by atoms with van der Waals surface area (Å²) < 4.78 is 0. The zero-order valence-corrected chi connectivity index (χ0v) is 10.3. The van der Waals surface area contributed by atoms with Crippen molar-refractivity contribution in [3.63, 3.8) is 0 Å². The third-order valence-corrected chi connectivity index (χ3v) is 4.09. The van der Waals surface area contributed by atoms with E-state index in [0.29, 0.717) is 0 Å². The van der Waals surface area contributed by atoms with Gasteiger partial charge < -0.3 is 10.2 Å². The lowest BCUT2D eigenvalue weighted by atomic mass is 10.1. The van der Waals surface area contributed by atoms with Gasteiger partial charge in [-0.1, -0.05) is 13.3 Å². The zero-order valence-electron chi connectivity index (χ0n) is 10.3.